The molecule has 174 valence electrons. The van der Waals surface area contributed by atoms with E-state index in [9.17, 15) is 24.1 Å². The fourth-order valence-corrected chi connectivity index (χ4v) is 3.41. The highest BCUT2D eigenvalue weighted by Gasteiger charge is 2.28. The molecular weight excluding hydrogens is 433 g/mol. The average molecular weight is 457 g/mol. The van der Waals surface area contributed by atoms with Crippen LogP contribution < -0.4 is 11.2 Å². The van der Waals surface area contributed by atoms with Gasteiger partial charge in [0, 0.05) is 31.0 Å². The van der Waals surface area contributed by atoms with Gasteiger partial charge >= 0.3 is 16.9 Å². The molecule has 1 unspecified atom stereocenters. The van der Waals surface area contributed by atoms with Crippen molar-refractivity contribution in [3.63, 3.8) is 0 Å². The lowest BCUT2D eigenvalue weighted by Gasteiger charge is -2.16. The van der Waals surface area contributed by atoms with Crippen LogP contribution >= 0.6 is 0 Å². The topological polar surface area (TPSA) is 114 Å². The third kappa shape index (κ3) is 4.98. The lowest BCUT2D eigenvalue weighted by molar-refractivity contribution is -0.387. The molecule has 0 aliphatic rings. The van der Waals surface area contributed by atoms with Crippen LogP contribution in [-0.2, 0) is 17.8 Å². The van der Waals surface area contributed by atoms with Gasteiger partial charge in [0.15, 0.2) is 0 Å². The van der Waals surface area contributed by atoms with Crippen molar-refractivity contribution in [2.24, 2.45) is 0 Å². The number of ether oxygens (including phenoxy) is 1. The van der Waals surface area contributed by atoms with Crippen molar-refractivity contribution in [3.05, 3.63) is 90.2 Å². The van der Waals surface area contributed by atoms with Crippen LogP contribution in [0.4, 0.5) is 10.1 Å². The van der Waals surface area contributed by atoms with Crippen LogP contribution in [0.2, 0.25) is 0 Å². The first-order valence-corrected chi connectivity index (χ1v) is 10.3. The average Bonchev–Trinajstić information content (AvgIpc) is 3.23. The summed E-state index contributed by atoms with van der Waals surface area (Å²) in [5.41, 5.74) is -1.55. The van der Waals surface area contributed by atoms with Crippen molar-refractivity contribution in [2.45, 2.75) is 39.6 Å². The van der Waals surface area contributed by atoms with Crippen LogP contribution in [0.25, 0.3) is 12.2 Å². The molecule has 0 N–H and O–H groups in total. The number of halogens is 1. The minimum absolute atomic E-state index is 0.113. The van der Waals surface area contributed by atoms with Gasteiger partial charge < -0.3 is 4.74 Å². The maximum absolute atomic E-state index is 13.9. The third-order valence-electron chi connectivity index (χ3n) is 5.10. The zero-order chi connectivity index (χ0) is 24.1. The van der Waals surface area contributed by atoms with Gasteiger partial charge in [0.25, 0.3) is 0 Å². The third-order valence-corrected chi connectivity index (χ3v) is 5.10. The van der Waals surface area contributed by atoms with Crippen LogP contribution in [0.15, 0.2) is 46.2 Å². The molecular formula is C22H24FN5O5. The van der Waals surface area contributed by atoms with E-state index in [-0.39, 0.29) is 24.6 Å². The molecule has 0 aliphatic heterocycles. The van der Waals surface area contributed by atoms with E-state index in [2.05, 4.69) is 5.10 Å². The normalized spacial score (nSPS) is 12.4. The van der Waals surface area contributed by atoms with Crippen molar-refractivity contribution < 1.29 is 14.1 Å². The van der Waals surface area contributed by atoms with Crippen molar-refractivity contribution >= 4 is 17.8 Å². The molecule has 0 radical (unpaired) electrons. The van der Waals surface area contributed by atoms with Crippen LogP contribution in [0.1, 0.15) is 43.3 Å². The van der Waals surface area contributed by atoms with E-state index < -0.39 is 28.1 Å². The molecule has 11 heteroatoms. The van der Waals surface area contributed by atoms with Gasteiger partial charge in [-0.3, -0.25) is 24.2 Å². The first-order chi connectivity index (χ1) is 15.8. The minimum Gasteiger partial charge on any atom is -0.361 e. The number of methoxy groups -OCH3 is 1. The standard InChI is InChI=1S/C22H24FN5O5/c1-4-11-26-19(20(28(31)32)21(29)27(22(26)30)15(2)33-3)10-9-16-12-24-25(13-16)14-17-7-5-6-8-18(17)23/h5-10,12-13,15H,4,11,14H2,1-3H3. The van der Waals surface area contributed by atoms with E-state index in [0.29, 0.717) is 17.5 Å². The lowest BCUT2D eigenvalue weighted by atomic mass is 10.2. The number of nitro groups is 1. The monoisotopic (exact) mass is 457 g/mol. The summed E-state index contributed by atoms with van der Waals surface area (Å²) in [5.74, 6) is -0.352. The molecule has 0 aliphatic carbocycles. The molecule has 0 saturated carbocycles. The molecule has 2 aromatic heterocycles. The smallest absolute Gasteiger partial charge is 0.357 e. The molecule has 2 heterocycles. The van der Waals surface area contributed by atoms with Crippen molar-refractivity contribution in [1.29, 1.82) is 0 Å². The Morgan fingerprint density at radius 1 is 1.27 bits per heavy atom. The van der Waals surface area contributed by atoms with Gasteiger partial charge in [0.05, 0.1) is 17.7 Å². The Bertz CT molecular complexity index is 1310. The maximum atomic E-state index is 13.9. The van der Waals surface area contributed by atoms with Crippen molar-refractivity contribution in [3.8, 4) is 0 Å². The second-order valence-electron chi connectivity index (χ2n) is 7.33. The highest BCUT2D eigenvalue weighted by Crippen LogP contribution is 2.18. The Labute approximate surface area is 188 Å². The summed E-state index contributed by atoms with van der Waals surface area (Å²) in [7, 11) is 1.30. The Kier molecular flexibility index (Phi) is 7.34. The van der Waals surface area contributed by atoms with Gasteiger partial charge in [0.2, 0.25) is 0 Å². The van der Waals surface area contributed by atoms with E-state index in [1.54, 1.807) is 24.4 Å². The second-order valence-corrected chi connectivity index (χ2v) is 7.33. The molecule has 0 bridgehead atoms. The van der Waals surface area contributed by atoms with E-state index in [4.69, 9.17) is 4.74 Å². The highest BCUT2D eigenvalue weighted by molar-refractivity contribution is 5.71. The van der Waals surface area contributed by atoms with Crippen LogP contribution in [0, 0.1) is 15.9 Å². The summed E-state index contributed by atoms with van der Waals surface area (Å²) in [6, 6.07) is 6.33. The number of hydrogen-bond acceptors (Lipinski definition) is 6. The minimum atomic E-state index is -1.04. The number of benzene rings is 1. The molecule has 3 aromatic rings. The van der Waals surface area contributed by atoms with E-state index in [0.717, 1.165) is 4.57 Å². The van der Waals surface area contributed by atoms with E-state index >= 15 is 0 Å². The second kappa shape index (κ2) is 10.2. The predicted molar refractivity (Wildman–Crippen MR) is 120 cm³/mol. The zero-order valence-electron chi connectivity index (χ0n) is 18.5. The van der Waals surface area contributed by atoms with Gasteiger partial charge in [-0.1, -0.05) is 25.1 Å². The van der Waals surface area contributed by atoms with Crippen LogP contribution in [0.3, 0.4) is 0 Å². The molecule has 0 amide bonds. The van der Waals surface area contributed by atoms with Crippen molar-refractivity contribution in [1.82, 2.24) is 18.9 Å². The molecule has 3 rings (SSSR count). The Morgan fingerprint density at radius 2 is 2.00 bits per heavy atom. The summed E-state index contributed by atoms with van der Waals surface area (Å²) in [4.78, 5) is 36.7. The number of hydrogen-bond donors (Lipinski definition) is 0. The summed E-state index contributed by atoms with van der Waals surface area (Å²) >= 11 is 0. The first-order valence-electron chi connectivity index (χ1n) is 10.3. The molecule has 0 saturated heterocycles. The molecule has 33 heavy (non-hydrogen) atoms. The number of aromatic nitrogens is 4. The molecule has 0 spiro atoms. The molecule has 10 nitrogen and oxygen atoms in total. The fourth-order valence-electron chi connectivity index (χ4n) is 3.41. The molecule has 0 fully saturated rings. The Balaban J connectivity index is 2.05. The van der Waals surface area contributed by atoms with Gasteiger partial charge in [-0.15, -0.1) is 0 Å². The zero-order valence-corrected chi connectivity index (χ0v) is 18.5. The Morgan fingerprint density at radius 3 is 2.64 bits per heavy atom. The Hall–Kier alpha value is -3.86. The van der Waals surface area contributed by atoms with Gasteiger partial charge in [-0.2, -0.15) is 5.10 Å². The summed E-state index contributed by atoms with van der Waals surface area (Å²) in [6.45, 7) is 3.64. The lowest BCUT2D eigenvalue weighted by Crippen LogP contribution is -2.44. The highest BCUT2D eigenvalue weighted by atomic mass is 19.1. The first kappa shape index (κ1) is 23.8. The molecule has 1 aromatic carbocycles. The quantitative estimate of drug-likeness (QED) is 0.360. The number of rotatable bonds is 9. The molecule has 1 atom stereocenters. The van der Waals surface area contributed by atoms with Gasteiger partial charge in [-0.05, 0) is 31.6 Å². The number of nitrogens with zero attached hydrogens (tertiary/aromatic N) is 5. The summed E-state index contributed by atoms with van der Waals surface area (Å²) < 4.78 is 22.4. The van der Waals surface area contributed by atoms with Crippen LogP contribution in [-0.4, -0.2) is 30.9 Å². The summed E-state index contributed by atoms with van der Waals surface area (Å²) in [5, 5.41) is 16.0. The van der Waals surface area contributed by atoms with Crippen LogP contribution in [0.5, 0.6) is 0 Å². The predicted octanol–water partition coefficient (Wildman–Crippen LogP) is 3.05. The SMILES string of the molecule is CCCn1c(C=Cc2cnn(Cc3ccccc3F)c2)c([N+](=O)[O-])c(=O)n(C(C)OC)c1=O. The van der Waals surface area contributed by atoms with E-state index in [1.165, 1.54) is 47.7 Å². The van der Waals surface area contributed by atoms with E-state index in [1.807, 2.05) is 6.92 Å². The maximum Gasteiger partial charge on any atom is 0.357 e. The van der Waals surface area contributed by atoms with Gasteiger partial charge in [-0.25, -0.2) is 13.8 Å². The fraction of sp³-hybridized carbons (Fsp3) is 0.318. The van der Waals surface area contributed by atoms with Gasteiger partial charge in [0.1, 0.15) is 17.7 Å². The summed E-state index contributed by atoms with van der Waals surface area (Å²) in [6.07, 6.45) is 5.54. The largest absolute Gasteiger partial charge is 0.361 e. The van der Waals surface area contributed by atoms with Crippen molar-refractivity contribution in [2.75, 3.05) is 7.11 Å².